The number of benzene rings is 3. The van der Waals surface area contributed by atoms with E-state index >= 15 is 0 Å². The van der Waals surface area contributed by atoms with Gasteiger partial charge in [-0.05, 0) is 41.5 Å². The molecule has 1 aromatic heterocycles. The molecule has 0 aliphatic carbocycles. The Morgan fingerprint density at radius 1 is 0.939 bits per heavy atom. The molecule has 4 aromatic rings. The molecule has 0 unspecified atom stereocenters. The number of carbonyl (C=O) groups is 3. The molecule has 8 heteroatoms. The average Bonchev–Trinajstić information content (AvgIpc) is 3.08. The number of hydrogen-bond acceptors (Lipinski definition) is 3. The minimum absolute atomic E-state index is 0.0107. The van der Waals surface area contributed by atoms with Gasteiger partial charge in [0.1, 0.15) is 0 Å². The highest BCUT2D eigenvalue weighted by atomic mass is 35.5. The smallest absolute Gasteiger partial charge is 0.354 e. The Hall–Kier alpha value is -3.61. The van der Waals surface area contributed by atoms with Gasteiger partial charge in [-0.1, -0.05) is 59.6 Å². The lowest BCUT2D eigenvalue weighted by molar-refractivity contribution is -0.117. The van der Waals surface area contributed by atoms with E-state index < -0.39 is 17.8 Å². The lowest BCUT2D eigenvalue weighted by atomic mass is 9.97. The van der Waals surface area contributed by atoms with Gasteiger partial charge in [0.25, 0.3) is 5.91 Å². The van der Waals surface area contributed by atoms with Gasteiger partial charge >= 0.3 is 5.97 Å². The minimum Gasteiger partial charge on any atom is -0.477 e. The van der Waals surface area contributed by atoms with Gasteiger partial charge in [0.15, 0.2) is 5.69 Å². The van der Waals surface area contributed by atoms with Gasteiger partial charge in [-0.2, -0.15) is 0 Å². The number of carboxylic acids is 1. The van der Waals surface area contributed by atoms with Crippen LogP contribution in [0, 0.1) is 0 Å². The van der Waals surface area contributed by atoms with Gasteiger partial charge in [0.05, 0.1) is 17.6 Å². The summed E-state index contributed by atoms with van der Waals surface area (Å²) in [7, 11) is 0. The van der Waals surface area contributed by atoms with Crippen molar-refractivity contribution in [3.05, 3.63) is 99.2 Å². The fourth-order valence-electron chi connectivity index (χ4n) is 4.29. The van der Waals surface area contributed by atoms with Crippen molar-refractivity contribution in [3.8, 4) is 0 Å². The number of imide groups is 1. The Labute approximate surface area is 198 Å². The Morgan fingerprint density at radius 3 is 2.36 bits per heavy atom. The lowest BCUT2D eigenvalue weighted by Crippen LogP contribution is -2.43. The summed E-state index contributed by atoms with van der Waals surface area (Å²) in [5, 5.41) is 11.3. The van der Waals surface area contributed by atoms with Crippen molar-refractivity contribution in [3.63, 3.8) is 0 Å². The predicted molar refractivity (Wildman–Crippen MR) is 126 cm³/mol. The number of aromatic carboxylic acids is 1. The first kappa shape index (κ1) is 21.2. The second-order valence-electron chi connectivity index (χ2n) is 7.75. The van der Waals surface area contributed by atoms with Crippen molar-refractivity contribution in [2.75, 3.05) is 4.90 Å². The van der Waals surface area contributed by atoms with Crippen molar-refractivity contribution >= 4 is 57.6 Å². The van der Waals surface area contributed by atoms with E-state index in [0.717, 1.165) is 10.5 Å². The van der Waals surface area contributed by atoms with Crippen molar-refractivity contribution in [1.82, 2.24) is 4.57 Å². The SMILES string of the molecule is O=C(O)c1c(N2C(=O)Cc3ccc(Cl)cc3C2=O)c2cc(Cl)ccc2n1Cc1ccccc1. The van der Waals surface area contributed by atoms with Gasteiger partial charge in [0.2, 0.25) is 5.91 Å². The maximum Gasteiger partial charge on any atom is 0.354 e. The number of fused-ring (bicyclic) bond motifs is 2. The van der Waals surface area contributed by atoms with Gasteiger partial charge in [-0.3, -0.25) is 9.59 Å². The molecule has 6 nitrogen and oxygen atoms in total. The van der Waals surface area contributed by atoms with Gasteiger partial charge in [-0.15, -0.1) is 0 Å². The second kappa shape index (κ2) is 8.06. The Morgan fingerprint density at radius 2 is 1.64 bits per heavy atom. The zero-order chi connectivity index (χ0) is 23.3. The van der Waals surface area contributed by atoms with Crippen LogP contribution in [0.5, 0.6) is 0 Å². The van der Waals surface area contributed by atoms with Crippen LogP contribution in [0.1, 0.15) is 32.0 Å². The second-order valence-corrected chi connectivity index (χ2v) is 8.62. The molecule has 2 amide bonds. The molecular weight excluding hydrogens is 463 g/mol. The number of aromatic nitrogens is 1. The predicted octanol–water partition coefficient (Wildman–Crippen LogP) is 5.42. The molecule has 2 heterocycles. The first-order valence-corrected chi connectivity index (χ1v) is 10.9. The molecule has 33 heavy (non-hydrogen) atoms. The van der Waals surface area contributed by atoms with Crippen LogP contribution in [0.3, 0.4) is 0 Å². The third-order valence-corrected chi connectivity index (χ3v) is 6.18. The fourth-order valence-corrected chi connectivity index (χ4v) is 4.63. The zero-order valence-corrected chi connectivity index (χ0v) is 18.6. The maximum absolute atomic E-state index is 13.5. The van der Waals surface area contributed by atoms with Crippen LogP contribution in [0.4, 0.5) is 5.69 Å². The largest absolute Gasteiger partial charge is 0.477 e. The number of carboxylic acid groups (broad SMARTS) is 1. The summed E-state index contributed by atoms with van der Waals surface area (Å²) in [6.07, 6.45) is -0.0524. The molecule has 1 aliphatic heterocycles. The van der Waals surface area contributed by atoms with Crippen LogP contribution in [0.15, 0.2) is 66.7 Å². The summed E-state index contributed by atoms with van der Waals surface area (Å²) in [4.78, 5) is 40.1. The molecule has 0 bridgehead atoms. The number of carbonyl (C=O) groups excluding carboxylic acids is 2. The van der Waals surface area contributed by atoms with Crippen LogP contribution >= 0.6 is 23.2 Å². The van der Waals surface area contributed by atoms with Crippen LogP contribution < -0.4 is 4.90 Å². The summed E-state index contributed by atoms with van der Waals surface area (Å²) >= 11 is 12.3. The lowest BCUT2D eigenvalue weighted by Gasteiger charge is -2.27. The molecule has 0 saturated carbocycles. The van der Waals surface area contributed by atoms with Crippen LogP contribution in [0.25, 0.3) is 10.9 Å². The Kier molecular flexibility index (Phi) is 5.19. The molecule has 1 aliphatic rings. The third-order valence-electron chi connectivity index (χ3n) is 5.70. The summed E-state index contributed by atoms with van der Waals surface area (Å²) in [6, 6.07) is 19.0. The standard InChI is InChI=1S/C25H16Cl2N2O4/c26-16-7-6-15-10-21(30)29(24(31)18(15)11-16)22-19-12-17(27)8-9-20(19)28(23(22)25(32)33)13-14-4-2-1-3-5-14/h1-9,11-12H,10,13H2,(H,32,33). The number of halogens is 2. The summed E-state index contributed by atoms with van der Waals surface area (Å²) in [5.74, 6) is -2.40. The minimum atomic E-state index is -1.26. The van der Waals surface area contributed by atoms with E-state index in [0.29, 0.717) is 26.5 Å². The molecule has 0 radical (unpaired) electrons. The van der Waals surface area contributed by atoms with E-state index in [9.17, 15) is 19.5 Å². The van der Waals surface area contributed by atoms with Crippen molar-refractivity contribution in [1.29, 1.82) is 0 Å². The molecule has 0 fully saturated rings. The maximum atomic E-state index is 13.5. The number of hydrogen-bond donors (Lipinski definition) is 1. The molecule has 0 spiro atoms. The zero-order valence-electron chi connectivity index (χ0n) is 17.1. The van der Waals surface area contributed by atoms with Crippen LogP contribution in [-0.4, -0.2) is 27.5 Å². The first-order chi connectivity index (χ1) is 15.8. The quantitative estimate of drug-likeness (QED) is 0.397. The van der Waals surface area contributed by atoms with Gasteiger partial charge < -0.3 is 9.67 Å². The fraction of sp³-hybridized carbons (Fsp3) is 0.0800. The summed E-state index contributed by atoms with van der Waals surface area (Å²) < 4.78 is 1.59. The van der Waals surface area contributed by atoms with E-state index in [1.165, 1.54) is 6.07 Å². The third kappa shape index (κ3) is 3.57. The monoisotopic (exact) mass is 478 g/mol. The average molecular weight is 479 g/mol. The number of nitrogens with zero attached hydrogens (tertiary/aromatic N) is 2. The highest BCUT2D eigenvalue weighted by Gasteiger charge is 2.38. The normalized spacial score (nSPS) is 13.5. The molecule has 3 aromatic carbocycles. The molecule has 0 saturated heterocycles. The number of anilines is 1. The first-order valence-electron chi connectivity index (χ1n) is 10.1. The van der Waals surface area contributed by atoms with Crippen molar-refractivity contribution in [2.24, 2.45) is 0 Å². The van der Waals surface area contributed by atoms with E-state index in [1.54, 1.807) is 34.9 Å². The summed E-state index contributed by atoms with van der Waals surface area (Å²) in [5.41, 5.74) is 2.08. The molecule has 164 valence electrons. The Balaban J connectivity index is 1.78. The number of rotatable bonds is 4. The highest BCUT2D eigenvalue weighted by Crippen LogP contribution is 2.39. The Bertz CT molecular complexity index is 1460. The van der Waals surface area contributed by atoms with Gasteiger partial charge in [0, 0.05) is 27.5 Å². The van der Waals surface area contributed by atoms with Crippen LogP contribution in [-0.2, 0) is 17.8 Å². The number of amides is 2. The molecular formula is C25H16Cl2N2O4. The van der Waals surface area contributed by atoms with E-state index in [4.69, 9.17) is 23.2 Å². The molecule has 5 rings (SSSR count). The topological polar surface area (TPSA) is 79.6 Å². The van der Waals surface area contributed by atoms with Crippen molar-refractivity contribution < 1.29 is 19.5 Å². The molecule has 1 N–H and O–H groups in total. The van der Waals surface area contributed by atoms with Crippen LogP contribution in [0.2, 0.25) is 10.0 Å². The van der Waals surface area contributed by atoms with Gasteiger partial charge in [-0.25, -0.2) is 9.69 Å². The molecule has 0 atom stereocenters. The van der Waals surface area contributed by atoms with E-state index in [2.05, 4.69) is 0 Å². The van der Waals surface area contributed by atoms with E-state index in [1.807, 2.05) is 30.3 Å². The highest BCUT2D eigenvalue weighted by molar-refractivity contribution is 6.34. The van der Waals surface area contributed by atoms with Crippen molar-refractivity contribution in [2.45, 2.75) is 13.0 Å². The van der Waals surface area contributed by atoms with E-state index in [-0.39, 0.29) is 29.9 Å². The summed E-state index contributed by atoms with van der Waals surface area (Å²) in [6.45, 7) is 0.235.